The summed E-state index contributed by atoms with van der Waals surface area (Å²) in [6.45, 7) is 4.44. The Morgan fingerprint density at radius 3 is 2.62 bits per heavy atom. The predicted octanol–water partition coefficient (Wildman–Crippen LogP) is 5.42. The Hall–Kier alpha value is -3.86. The summed E-state index contributed by atoms with van der Waals surface area (Å²) in [5.74, 6) is 0.329. The van der Waals surface area contributed by atoms with Crippen LogP contribution >= 0.6 is 0 Å². The zero-order valence-electron chi connectivity index (χ0n) is 18.5. The maximum atomic E-state index is 12.6. The van der Waals surface area contributed by atoms with Crippen LogP contribution in [0.25, 0.3) is 6.08 Å². The molecule has 0 saturated carbocycles. The Kier molecular flexibility index (Phi) is 9.23. The van der Waals surface area contributed by atoms with Gasteiger partial charge in [0.2, 0.25) is 0 Å². The predicted molar refractivity (Wildman–Crippen MR) is 123 cm³/mol. The molecule has 0 saturated heterocycles. The maximum absolute atomic E-state index is 12.6. The number of ether oxygens (including phenoxy) is 2. The molecule has 0 fully saturated rings. The van der Waals surface area contributed by atoms with Gasteiger partial charge in [-0.15, -0.1) is 0 Å². The first-order chi connectivity index (χ1) is 15.4. The summed E-state index contributed by atoms with van der Waals surface area (Å²) in [5.41, 5.74) is 0.833. The Balaban J connectivity index is 2.18. The van der Waals surface area contributed by atoms with Crippen molar-refractivity contribution in [2.24, 2.45) is 0 Å². The van der Waals surface area contributed by atoms with Crippen LogP contribution in [0.5, 0.6) is 11.5 Å². The van der Waals surface area contributed by atoms with Crippen LogP contribution in [-0.2, 0) is 4.79 Å². The zero-order valence-corrected chi connectivity index (χ0v) is 18.5. The number of aryl methyl sites for hydroxylation is 1. The second-order valence-corrected chi connectivity index (χ2v) is 7.22. The van der Waals surface area contributed by atoms with E-state index in [0.29, 0.717) is 29.2 Å². The average Bonchev–Trinajstić information content (AvgIpc) is 2.78. The number of benzene rings is 2. The number of carbonyl (C=O) groups excluding carboxylic acids is 1. The molecular weight excluding hydrogens is 410 g/mol. The minimum Gasteiger partial charge on any atom is -0.493 e. The first kappa shape index (κ1) is 24.4. The van der Waals surface area contributed by atoms with E-state index in [1.54, 1.807) is 31.2 Å². The molecule has 2 aromatic carbocycles. The van der Waals surface area contributed by atoms with Gasteiger partial charge in [0.15, 0.2) is 11.5 Å². The van der Waals surface area contributed by atoms with Crippen LogP contribution in [-0.4, -0.2) is 24.5 Å². The first-order valence-electron chi connectivity index (χ1n) is 10.4. The second-order valence-electron chi connectivity index (χ2n) is 7.22. The van der Waals surface area contributed by atoms with Gasteiger partial charge in [-0.3, -0.25) is 14.9 Å². The lowest BCUT2D eigenvalue weighted by Crippen LogP contribution is -2.14. The Morgan fingerprint density at radius 1 is 1.19 bits per heavy atom. The molecule has 0 aromatic heterocycles. The summed E-state index contributed by atoms with van der Waals surface area (Å²) in [4.78, 5) is 23.3. The van der Waals surface area contributed by atoms with E-state index in [0.717, 1.165) is 25.7 Å². The van der Waals surface area contributed by atoms with Crippen LogP contribution in [0.2, 0.25) is 0 Å². The summed E-state index contributed by atoms with van der Waals surface area (Å²) >= 11 is 0. The molecule has 32 heavy (non-hydrogen) atoms. The van der Waals surface area contributed by atoms with Gasteiger partial charge in [-0.1, -0.05) is 38.3 Å². The van der Waals surface area contributed by atoms with Crippen molar-refractivity contribution in [3.63, 3.8) is 0 Å². The molecule has 8 nitrogen and oxygen atoms in total. The molecule has 0 aliphatic carbocycles. The van der Waals surface area contributed by atoms with E-state index in [1.165, 1.54) is 25.3 Å². The maximum Gasteiger partial charge on any atom is 0.293 e. The van der Waals surface area contributed by atoms with Gasteiger partial charge in [-0.05, 0) is 48.7 Å². The highest BCUT2D eigenvalue weighted by Gasteiger charge is 2.18. The van der Waals surface area contributed by atoms with Gasteiger partial charge >= 0.3 is 0 Å². The molecule has 0 spiro atoms. The smallest absolute Gasteiger partial charge is 0.293 e. The standard InChI is InChI=1S/C24H27N3O5/c1-4-5-6-7-12-32-22-11-9-18(15-23(22)31-3)14-19(16-25)24(28)26-20-10-8-17(2)13-21(20)27(29)30/h8-11,13-15H,4-7,12H2,1-3H3,(H,26,28). The van der Waals surface area contributed by atoms with Crippen molar-refractivity contribution in [1.29, 1.82) is 5.26 Å². The highest BCUT2D eigenvalue weighted by molar-refractivity contribution is 6.10. The number of carbonyl (C=O) groups is 1. The van der Waals surface area contributed by atoms with E-state index in [4.69, 9.17) is 9.47 Å². The lowest BCUT2D eigenvalue weighted by molar-refractivity contribution is -0.384. The largest absolute Gasteiger partial charge is 0.493 e. The van der Waals surface area contributed by atoms with Gasteiger partial charge in [-0.2, -0.15) is 5.26 Å². The van der Waals surface area contributed by atoms with Gasteiger partial charge in [0.05, 0.1) is 18.6 Å². The van der Waals surface area contributed by atoms with Crippen LogP contribution < -0.4 is 14.8 Å². The molecule has 0 aliphatic rings. The number of rotatable bonds is 11. The van der Waals surface area contributed by atoms with Gasteiger partial charge in [0, 0.05) is 6.07 Å². The van der Waals surface area contributed by atoms with Gasteiger partial charge in [0.25, 0.3) is 11.6 Å². The van der Waals surface area contributed by atoms with Gasteiger partial charge in [0.1, 0.15) is 17.3 Å². The SMILES string of the molecule is CCCCCCOc1ccc(C=C(C#N)C(=O)Nc2ccc(C)cc2[N+](=O)[O-])cc1OC. The number of nitrogens with zero attached hydrogens (tertiary/aromatic N) is 2. The second kappa shape index (κ2) is 12.1. The number of amides is 1. The summed E-state index contributed by atoms with van der Waals surface area (Å²) in [5, 5.41) is 23.2. The number of nitro benzene ring substituents is 1. The lowest BCUT2D eigenvalue weighted by Gasteiger charge is -2.11. The number of nitriles is 1. The third kappa shape index (κ3) is 6.84. The molecule has 0 radical (unpaired) electrons. The fourth-order valence-corrected chi connectivity index (χ4v) is 3.01. The van der Waals surface area contributed by atoms with Crippen LogP contribution in [0.15, 0.2) is 42.0 Å². The molecule has 1 N–H and O–H groups in total. The highest BCUT2D eigenvalue weighted by atomic mass is 16.6. The van der Waals surface area contributed by atoms with E-state index in [-0.39, 0.29) is 16.9 Å². The van der Waals surface area contributed by atoms with E-state index >= 15 is 0 Å². The number of hydrogen-bond acceptors (Lipinski definition) is 6. The van der Waals surface area contributed by atoms with E-state index < -0.39 is 10.8 Å². The Bertz CT molecular complexity index is 1040. The monoisotopic (exact) mass is 437 g/mol. The lowest BCUT2D eigenvalue weighted by atomic mass is 10.1. The van der Waals surface area contributed by atoms with E-state index in [1.807, 2.05) is 6.07 Å². The van der Waals surface area contributed by atoms with E-state index in [2.05, 4.69) is 12.2 Å². The quantitative estimate of drug-likeness (QED) is 0.165. The van der Waals surface area contributed by atoms with Crippen molar-refractivity contribution in [3.8, 4) is 17.6 Å². The molecule has 0 heterocycles. The summed E-state index contributed by atoms with van der Waals surface area (Å²) in [6, 6.07) is 11.4. The van der Waals surface area contributed by atoms with Crippen molar-refractivity contribution in [3.05, 3.63) is 63.2 Å². The van der Waals surface area contributed by atoms with Crippen LogP contribution in [0.1, 0.15) is 43.7 Å². The Labute approximate surface area is 187 Å². The minimum absolute atomic E-state index is 0.0242. The molecule has 2 rings (SSSR count). The fourth-order valence-electron chi connectivity index (χ4n) is 3.01. The normalized spacial score (nSPS) is 10.9. The van der Waals surface area contributed by atoms with Crippen LogP contribution in [0.3, 0.4) is 0 Å². The molecule has 8 heteroatoms. The zero-order chi connectivity index (χ0) is 23.5. The fraction of sp³-hybridized carbons (Fsp3) is 0.333. The number of unbranched alkanes of at least 4 members (excludes halogenated alkanes) is 3. The molecule has 0 unspecified atom stereocenters. The number of anilines is 1. The third-order valence-electron chi connectivity index (χ3n) is 4.72. The molecule has 0 bridgehead atoms. The summed E-state index contributed by atoms with van der Waals surface area (Å²) < 4.78 is 11.2. The molecule has 168 valence electrons. The molecule has 1 amide bonds. The minimum atomic E-state index is -0.741. The van der Waals surface area contributed by atoms with E-state index in [9.17, 15) is 20.2 Å². The van der Waals surface area contributed by atoms with Gasteiger partial charge in [-0.25, -0.2) is 0 Å². The number of nitro groups is 1. The third-order valence-corrected chi connectivity index (χ3v) is 4.72. The van der Waals surface area contributed by atoms with Crippen molar-refractivity contribution in [1.82, 2.24) is 0 Å². The highest BCUT2D eigenvalue weighted by Crippen LogP contribution is 2.30. The van der Waals surface area contributed by atoms with Crippen LogP contribution in [0, 0.1) is 28.4 Å². The number of nitrogens with one attached hydrogen (secondary N) is 1. The van der Waals surface area contributed by atoms with Crippen LogP contribution in [0.4, 0.5) is 11.4 Å². The van der Waals surface area contributed by atoms with Crippen molar-refractivity contribution in [2.75, 3.05) is 19.0 Å². The first-order valence-corrected chi connectivity index (χ1v) is 10.4. The van der Waals surface area contributed by atoms with Crippen molar-refractivity contribution in [2.45, 2.75) is 39.5 Å². The summed E-state index contributed by atoms with van der Waals surface area (Å²) in [6.07, 6.45) is 5.75. The topological polar surface area (TPSA) is 114 Å². The summed E-state index contributed by atoms with van der Waals surface area (Å²) in [7, 11) is 1.52. The van der Waals surface area contributed by atoms with Crippen molar-refractivity contribution < 1.29 is 19.2 Å². The number of hydrogen-bond donors (Lipinski definition) is 1. The molecule has 2 aromatic rings. The molecule has 0 atom stereocenters. The number of methoxy groups -OCH3 is 1. The average molecular weight is 437 g/mol. The van der Waals surface area contributed by atoms with Gasteiger partial charge < -0.3 is 14.8 Å². The molecule has 0 aliphatic heterocycles. The Morgan fingerprint density at radius 2 is 1.97 bits per heavy atom. The van der Waals surface area contributed by atoms with Crippen molar-refractivity contribution >= 4 is 23.4 Å². The molecular formula is C24H27N3O5.